The van der Waals surface area contributed by atoms with Crippen LogP contribution in [-0.2, 0) is 13.1 Å². The number of hydrogen-bond donors (Lipinski definition) is 1. The monoisotopic (exact) mass is 217 g/mol. The van der Waals surface area contributed by atoms with Crippen LogP contribution in [0.2, 0.25) is 0 Å². The molecular formula is C9H9ClFNO2. The van der Waals surface area contributed by atoms with Crippen molar-refractivity contribution in [1.29, 1.82) is 0 Å². The summed E-state index contributed by atoms with van der Waals surface area (Å²) in [6.45, 7) is 0.458. The van der Waals surface area contributed by atoms with Crippen LogP contribution in [0.25, 0.3) is 0 Å². The molecule has 0 atom stereocenters. The molecule has 0 bridgehead atoms. The average molecular weight is 218 g/mol. The average Bonchev–Trinajstić information content (AvgIpc) is 2.49. The minimum absolute atomic E-state index is 0. The smallest absolute Gasteiger partial charge is 0.407 e. The molecule has 2 rings (SSSR count). The number of rotatable bonds is 0. The molecule has 1 aliphatic heterocycles. The molecule has 0 aliphatic carbocycles. The van der Waals surface area contributed by atoms with Gasteiger partial charge in [-0.15, -0.1) is 12.4 Å². The van der Waals surface area contributed by atoms with E-state index in [0.717, 1.165) is 5.56 Å². The third-order valence-corrected chi connectivity index (χ3v) is 2.20. The topological polar surface area (TPSA) is 40.5 Å². The van der Waals surface area contributed by atoms with Crippen molar-refractivity contribution in [2.75, 3.05) is 0 Å². The van der Waals surface area contributed by atoms with E-state index in [2.05, 4.69) is 0 Å². The third-order valence-electron chi connectivity index (χ3n) is 2.20. The van der Waals surface area contributed by atoms with Crippen molar-refractivity contribution in [2.24, 2.45) is 0 Å². The van der Waals surface area contributed by atoms with Crippen molar-refractivity contribution in [3.8, 4) is 0 Å². The molecule has 14 heavy (non-hydrogen) atoms. The minimum Gasteiger partial charge on any atom is -0.465 e. The molecule has 76 valence electrons. The van der Waals surface area contributed by atoms with Crippen LogP contribution in [0.1, 0.15) is 11.1 Å². The summed E-state index contributed by atoms with van der Waals surface area (Å²) in [6.07, 6.45) is -1.00. The second kappa shape index (κ2) is 3.84. The Bertz CT molecular complexity index is 370. The van der Waals surface area contributed by atoms with Gasteiger partial charge < -0.3 is 5.11 Å². The van der Waals surface area contributed by atoms with Gasteiger partial charge in [0.25, 0.3) is 0 Å². The van der Waals surface area contributed by atoms with Gasteiger partial charge in [-0.25, -0.2) is 9.18 Å². The lowest BCUT2D eigenvalue weighted by molar-refractivity contribution is 0.145. The van der Waals surface area contributed by atoms with Crippen LogP contribution in [0.15, 0.2) is 18.2 Å². The number of hydrogen-bond acceptors (Lipinski definition) is 1. The highest BCUT2D eigenvalue weighted by Crippen LogP contribution is 2.24. The van der Waals surface area contributed by atoms with Crippen molar-refractivity contribution < 1.29 is 14.3 Å². The predicted octanol–water partition coefficient (Wildman–Crippen LogP) is 2.24. The van der Waals surface area contributed by atoms with Gasteiger partial charge in [-0.1, -0.05) is 12.1 Å². The van der Waals surface area contributed by atoms with E-state index in [1.165, 1.54) is 11.0 Å². The zero-order valence-electron chi connectivity index (χ0n) is 7.24. The molecule has 1 aromatic carbocycles. The van der Waals surface area contributed by atoms with E-state index in [4.69, 9.17) is 5.11 Å². The van der Waals surface area contributed by atoms with Gasteiger partial charge in [0, 0.05) is 12.1 Å². The van der Waals surface area contributed by atoms with Gasteiger partial charge in [0.2, 0.25) is 0 Å². The zero-order chi connectivity index (χ0) is 9.42. The zero-order valence-corrected chi connectivity index (χ0v) is 8.05. The molecule has 0 fully saturated rings. The number of amides is 1. The predicted molar refractivity (Wildman–Crippen MR) is 50.9 cm³/mol. The molecule has 0 spiro atoms. The molecule has 1 aromatic rings. The maximum atomic E-state index is 13.1. The van der Waals surface area contributed by atoms with Crippen LogP contribution in [0, 0.1) is 5.82 Å². The summed E-state index contributed by atoms with van der Waals surface area (Å²) in [7, 11) is 0. The van der Waals surface area contributed by atoms with Crippen molar-refractivity contribution >= 4 is 18.5 Å². The van der Waals surface area contributed by atoms with E-state index in [0.29, 0.717) is 12.1 Å². The molecule has 0 unspecified atom stereocenters. The van der Waals surface area contributed by atoms with E-state index in [-0.39, 0.29) is 24.8 Å². The molecule has 0 saturated heterocycles. The summed E-state index contributed by atoms with van der Waals surface area (Å²) in [5, 5.41) is 8.68. The Kier molecular flexibility index (Phi) is 2.96. The fourth-order valence-electron chi connectivity index (χ4n) is 1.52. The highest BCUT2D eigenvalue weighted by molar-refractivity contribution is 5.85. The SMILES string of the molecule is Cl.O=C(O)N1Cc2cccc(F)c2C1. The number of halogens is 2. The van der Waals surface area contributed by atoms with Crippen LogP contribution in [0.3, 0.4) is 0 Å². The summed E-state index contributed by atoms with van der Waals surface area (Å²) in [5.74, 6) is -0.318. The molecule has 1 amide bonds. The highest BCUT2D eigenvalue weighted by atomic mass is 35.5. The largest absolute Gasteiger partial charge is 0.465 e. The van der Waals surface area contributed by atoms with Gasteiger partial charge in [-0.05, 0) is 11.6 Å². The van der Waals surface area contributed by atoms with Gasteiger partial charge in [0.15, 0.2) is 0 Å². The summed E-state index contributed by atoms with van der Waals surface area (Å²) >= 11 is 0. The summed E-state index contributed by atoms with van der Waals surface area (Å²) in [5.41, 5.74) is 1.27. The Morgan fingerprint density at radius 1 is 1.43 bits per heavy atom. The van der Waals surface area contributed by atoms with Gasteiger partial charge in [-0.2, -0.15) is 0 Å². The van der Waals surface area contributed by atoms with Gasteiger partial charge in [0.05, 0.1) is 6.54 Å². The molecule has 0 saturated carbocycles. The van der Waals surface area contributed by atoms with Crippen LogP contribution in [0.5, 0.6) is 0 Å². The first-order valence-corrected chi connectivity index (χ1v) is 3.92. The van der Waals surface area contributed by atoms with E-state index in [1.54, 1.807) is 12.1 Å². The van der Waals surface area contributed by atoms with E-state index >= 15 is 0 Å². The van der Waals surface area contributed by atoms with Crippen LogP contribution in [0.4, 0.5) is 9.18 Å². The molecule has 0 radical (unpaired) electrons. The maximum absolute atomic E-state index is 13.1. The lowest BCUT2D eigenvalue weighted by Gasteiger charge is -2.08. The molecular weight excluding hydrogens is 209 g/mol. The summed E-state index contributed by atoms with van der Waals surface area (Å²) in [4.78, 5) is 11.8. The fraction of sp³-hybridized carbons (Fsp3) is 0.222. The highest BCUT2D eigenvalue weighted by Gasteiger charge is 2.24. The second-order valence-electron chi connectivity index (χ2n) is 3.02. The Balaban J connectivity index is 0.000000980. The molecule has 0 aromatic heterocycles. The molecule has 5 heteroatoms. The van der Waals surface area contributed by atoms with Gasteiger partial charge in [0.1, 0.15) is 5.82 Å². The Morgan fingerprint density at radius 3 is 2.71 bits per heavy atom. The number of benzene rings is 1. The van der Waals surface area contributed by atoms with Crippen LogP contribution < -0.4 is 0 Å². The van der Waals surface area contributed by atoms with Crippen LogP contribution in [-0.4, -0.2) is 16.1 Å². The second-order valence-corrected chi connectivity index (χ2v) is 3.02. The van der Waals surface area contributed by atoms with Gasteiger partial charge >= 0.3 is 6.09 Å². The minimum atomic E-state index is -1.00. The summed E-state index contributed by atoms with van der Waals surface area (Å²) < 4.78 is 13.1. The third kappa shape index (κ3) is 1.65. The van der Waals surface area contributed by atoms with E-state index in [9.17, 15) is 9.18 Å². The van der Waals surface area contributed by atoms with E-state index in [1.807, 2.05) is 0 Å². The lowest BCUT2D eigenvalue weighted by atomic mass is 10.1. The standard InChI is InChI=1S/C9H8FNO2.ClH/c10-8-3-1-2-6-4-11(9(12)13)5-7(6)8;/h1-3H,4-5H2,(H,12,13);1H. The molecule has 1 N–H and O–H groups in total. The van der Waals surface area contributed by atoms with Crippen molar-refractivity contribution in [1.82, 2.24) is 4.90 Å². The Morgan fingerprint density at radius 2 is 2.14 bits per heavy atom. The number of fused-ring (bicyclic) bond motifs is 1. The van der Waals surface area contributed by atoms with Crippen LogP contribution >= 0.6 is 12.4 Å². The Labute approximate surface area is 86.6 Å². The van der Waals surface area contributed by atoms with E-state index < -0.39 is 6.09 Å². The fourth-order valence-corrected chi connectivity index (χ4v) is 1.52. The quantitative estimate of drug-likeness (QED) is 0.724. The van der Waals surface area contributed by atoms with Crippen molar-refractivity contribution in [2.45, 2.75) is 13.1 Å². The molecule has 1 aliphatic rings. The summed E-state index contributed by atoms with van der Waals surface area (Å²) in [6, 6.07) is 4.70. The molecule has 3 nitrogen and oxygen atoms in total. The number of carbonyl (C=O) groups is 1. The van der Waals surface area contributed by atoms with Gasteiger partial charge in [-0.3, -0.25) is 4.90 Å². The Hall–Kier alpha value is -1.29. The first-order valence-electron chi connectivity index (χ1n) is 3.92. The first-order chi connectivity index (χ1) is 6.18. The normalized spacial score (nSPS) is 13.4. The number of carboxylic acid groups (broad SMARTS) is 1. The lowest BCUT2D eigenvalue weighted by Crippen LogP contribution is -2.22. The van der Waals surface area contributed by atoms with Crippen molar-refractivity contribution in [3.05, 3.63) is 35.1 Å². The number of nitrogens with zero attached hydrogens (tertiary/aromatic N) is 1. The first kappa shape index (κ1) is 10.8. The molecule has 1 heterocycles. The maximum Gasteiger partial charge on any atom is 0.407 e. The van der Waals surface area contributed by atoms with Crippen molar-refractivity contribution in [3.63, 3.8) is 0 Å².